The van der Waals surface area contributed by atoms with Crippen LogP contribution in [0, 0.1) is 0 Å². The number of fused-ring (bicyclic) bond motifs is 1. The molecule has 1 N–H and O–H groups in total. The highest BCUT2D eigenvalue weighted by atomic mass is 16.5. The fourth-order valence-electron chi connectivity index (χ4n) is 2.16. The molecule has 0 bridgehead atoms. The standard InChI is InChI=1S/C14H16O4/c1-3-18-14(16)7-10-5-4-9-6-12(15)13(17-2)8-11(9)10/h6-8,15H,3-5H2,1-2H3/b10-7+. The first-order valence-corrected chi connectivity index (χ1v) is 5.93. The van der Waals surface area contributed by atoms with Crippen molar-refractivity contribution in [2.75, 3.05) is 13.7 Å². The molecule has 0 atom stereocenters. The van der Waals surface area contributed by atoms with Gasteiger partial charge in [0.05, 0.1) is 13.7 Å². The van der Waals surface area contributed by atoms with Crippen LogP contribution >= 0.6 is 0 Å². The van der Waals surface area contributed by atoms with Crippen molar-refractivity contribution in [2.45, 2.75) is 19.8 Å². The summed E-state index contributed by atoms with van der Waals surface area (Å²) in [5.41, 5.74) is 2.92. The predicted octanol–water partition coefficient (Wildman–Crippen LogP) is 2.29. The predicted molar refractivity (Wildman–Crippen MR) is 67.6 cm³/mol. The number of benzene rings is 1. The number of aromatic hydroxyl groups is 1. The second-order valence-corrected chi connectivity index (χ2v) is 4.10. The van der Waals surface area contributed by atoms with Gasteiger partial charge in [-0.3, -0.25) is 0 Å². The Balaban J connectivity index is 2.35. The molecule has 0 radical (unpaired) electrons. The number of esters is 1. The van der Waals surface area contributed by atoms with E-state index in [1.807, 2.05) is 0 Å². The van der Waals surface area contributed by atoms with E-state index in [9.17, 15) is 9.90 Å². The van der Waals surface area contributed by atoms with E-state index in [2.05, 4.69) is 0 Å². The van der Waals surface area contributed by atoms with E-state index in [0.717, 1.165) is 29.5 Å². The molecular weight excluding hydrogens is 232 g/mol. The van der Waals surface area contributed by atoms with Gasteiger partial charge < -0.3 is 14.6 Å². The zero-order chi connectivity index (χ0) is 13.1. The third kappa shape index (κ3) is 2.32. The number of hydrogen-bond donors (Lipinski definition) is 1. The first-order valence-electron chi connectivity index (χ1n) is 5.93. The van der Waals surface area contributed by atoms with E-state index in [4.69, 9.17) is 9.47 Å². The maximum absolute atomic E-state index is 11.5. The monoisotopic (exact) mass is 248 g/mol. The number of phenols is 1. The fraction of sp³-hybridized carbons (Fsp3) is 0.357. The molecule has 0 saturated heterocycles. The Morgan fingerprint density at radius 2 is 2.22 bits per heavy atom. The van der Waals surface area contributed by atoms with Crippen LogP contribution in [0.5, 0.6) is 11.5 Å². The van der Waals surface area contributed by atoms with Gasteiger partial charge in [0.15, 0.2) is 11.5 Å². The van der Waals surface area contributed by atoms with Gasteiger partial charge in [-0.1, -0.05) is 0 Å². The van der Waals surface area contributed by atoms with Crippen LogP contribution < -0.4 is 4.74 Å². The Bertz CT molecular complexity index is 503. The normalized spacial score (nSPS) is 15.6. The summed E-state index contributed by atoms with van der Waals surface area (Å²) >= 11 is 0. The summed E-state index contributed by atoms with van der Waals surface area (Å²) in [7, 11) is 1.51. The molecule has 0 heterocycles. The average Bonchev–Trinajstić information content (AvgIpc) is 2.70. The van der Waals surface area contributed by atoms with Crippen LogP contribution in [0.1, 0.15) is 24.5 Å². The van der Waals surface area contributed by atoms with Crippen molar-refractivity contribution in [3.05, 3.63) is 29.3 Å². The van der Waals surface area contributed by atoms with E-state index < -0.39 is 0 Å². The summed E-state index contributed by atoms with van der Waals surface area (Å²) in [6.07, 6.45) is 3.12. The number of allylic oxidation sites excluding steroid dienone is 1. The lowest BCUT2D eigenvalue weighted by Gasteiger charge is -2.07. The third-order valence-corrected chi connectivity index (χ3v) is 2.99. The highest BCUT2D eigenvalue weighted by Gasteiger charge is 2.20. The van der Waals surface area contributed by atoms with Crippen molar-refractivity contribution in [1.82, 2.24) is 0 Å². The molecular formula is C14H16O4. The minimum Gasteiger partial charge on any atom is -0.504 e. The van der Waals surface area contributed by atoms with Gasteiger partial charge in [-0.2, -0.15) is 0 Å². The minimum atomic E-state index is -0.326. The van der Waals surface area contributed by atoms with Crippen molar-refractivity contribution in [3.63, 3.8) is 0 Å². The minimum absolute atomic E-state index is 0.133. The molecule has 2 rings (SSSR count). The molecule has 0 saturated carbocycles. The number of hydrogen-bond acceptors (Lipinski definition) is 4. The second kappa shape index (κ2) is 5.12. The number of ether oxygens (including phenoxy) is 2. The SMILES string of the molecule is CCOC(=O)/C=C1\CCc2cc(O)c(OC)cc21. The van der Waals surface area contributed by atoms with Gasteiger partial charge in [0.2, 0.25) is 0 Å². The average molecular weight is 248 g/mol. The highest BCUT2D eigenvalue weighted by Crippen LogP contribution is 2.39. The Hall–Kier alpha value is -1.97. The molecule has 1 aliphatic carbocycles. The Kier molecular flexibility index (Phi) is 3.55. The number of phenolic OH excluding ortho intramolecular Hbond substituents is 1. The molecule has 0 spiro atoms. The lowest BCUT2D eigenvalue weighted by molar-refractivity contribution is -0.137. The molecule has 0 aromatic heterocycles. The first kappa shape index (κ1) is 12.5. The van der Waals surface area contributed by atoms with Gasteiger partial charge in [0, 0.05) is 6.08 Å². The van der Waals surface area contributed by atoms with Crippen molar-refractivity contribution in [3.8, 4) is 11.5 Å². The smallest absolute Gasteiger partial charge is 0.331 e. The van der Waals surface area contributed by atoms with Crippen LogP contribution in [0.3, 0.4) is 0 Å². The molecule has 1 aromatic carbocycles. The van der Waals surface area contributed by atoms with Gasteiger partial charge in [-0.25, -0.2) is 4.79 Å². The number of aryl methyl sites for hydroxylation is 1. The molecule has 1 aromatic rings. The molecule has 0 aliphatic heterocycles. The van der Waals surface area contributed by atoms with Crippen molar-refractivity contribution >= 4 is 11.5 Å². The summed E-state index contributed by atoms with van der Waals surface area (Å²) in [5.74, 6) is 0.228. The molecule has 0 amide bonds. The quantitative estimate of drug-likeness (QED) is 0.658. The lowest BCUT2D eigenvalue weighted by Crippen LogP contribution is -2.00. The molecule has 4 heteroatoms. The van der Waals surface area contributed by atoms with Crippen LogP contribution in [0.25, 0.3) is 5.57 Å². The van der Waals surface area contributed by atoms with Crippen LogP contribution in [-0.4, -0.2) is 24.8 Å². The van der Waals surface area contributed by atoms with Crippen LogP contribution in [0.4, 0.5) is 0 Å². The fourth-order valence-corrected chi connectivity index (χ4v) is 2.16. The first-order chi connectivity index (χ1) is 8.65. The zero-order valence-electron chi connectivity index (χ0n) is 10.5. The topological polar surface area (TPSA) is 55.8 Å². The lowest BCUT2D eigenvalue weighted by atomic mass is 10.1. The summed E-state index contributed by atoms with van der Waals surface area (Å²) in [4.78, 5) is 11.5. The zero-order valence-corrected chi connectivity index (χ0v) is 10.5. The summed E-state index contributed by atoms with van der Waals surface area (Å²) < 4.78 is 9.98. The van der Waals surface area contributed by atoms with E-state index in [-0.39, 0.29) is 11.7 Å². The molecule has 96 valence electrons. The summed E-state index contributed by atoms with van der Waals surface area (Å²) in [5, 5.41) is 9.69. The van der Waals surface area contributed by atoms with Crippen LogP contribution in [0.15, 0.2) is 18.2 Å². The van der Waals surface area contributed by atoms with Gasteiger partial charge in [0.1, 0.15) is 0 Å². The van der Waals surface area contributed by atoms with Crippen molar-refractivity contribution < 1.29 is 19.4 Å². The summed E-state index contributed by atoms with van der Waals surface area (Å²) in [6, 6.07) is 3.46. The molecule has 0 fully saturated rings. The molecule has 18 heavy (non-hydrogen) atoms. The second-order valence-electron chi connectivity index (χ2n) is 4.10. The van der Waals surface area contributed by atoms with E-state index in [1.165, 1.54) is 13.2 Å². The maximum Gasteiger partial charge on any atom is 0.331 e. The van der Waals surface area contributed by atoms with Gasteiger partial charge in [0.25, 0.3) is 0 Å². The number of methoxy groups -OCH3 is 1. The number of carbonyl (C=O) groups is 1. The Labute approximate surface area is 106 Å². The van der Waals surface area contributed by atoms with Crippen molar-refractivity contribution in [1.29, 1.82) is 0 Å². The number of carbonyl (C=O) groups excluding carboxylic acids is 1. The summed E-state index contributed by atoms with van der Waals surface area (Å²) in [6.45, 7) is 2.15. The Morgan fingerprint density at radius 1 is 1.44 bits per heavy atom. The van der Waals surface area contributed by atoms with Crippen molar-refractivity contribution in [2.24, 2.45) is 0 Å². The molecule has 4 nitrogen and oxygen atoms in total. The van der Waals surface area contributed by atoms with Gasteiger partial charge >= 0.3 is 5.97 Å². The molecule has 0 unspecified atom stereocenters. The van der Waals surface area contributed by atoms with Crippen LogP contribution in [-0.2, 0) is 16.0 Å². The van der Waals surface area contributed by atoms with E-state index in [0.29, 0.717) is 12.4 Å². The van der Waals surface area contributed by atoms with Gasteiger partial charge in [-0.05, 0) is 48.6 Å². The maximum atomic E-state index is 11.5. The highest BCUT2D eigenvalue weighted by molar-refractivity contribution is 5.93. The van der Waals surface area contributed by atoms with E-state index >= 15 is 0 Å². The van der Waals surface area contributed by atoms with E-state index in [1.54, 1.807) is 19.1 Å². The Morgan fingerprint density at radius 3 is 2.89 bits per heavy atom. The number of rotatable bonds is 3. The molecule has 1 aliphatic rings. The third-order valence-electron chi connectivity index (χ3n) is 2.99. The van der Waals surface area contributed by atoms with Crippen LogP contribution in [0.2, 0.25) is 0 Å². The largest absolute Gasteiger partial charge is 0.504 e. The van der Waals surface area contributed by atoms with Gasteiger partial charge in [-0.15, -0.1) is 0 Å².